The Morgan fingerprint density at radius 2 is 1.47 bits per heavy atom. The summed E-state index contributed by atoms with van der Waals surface area (Å²) in [6, 6.07) is 0. The van der Waals surface area contributed by atoms with Crippen molar-refractivity contribution >= 4 is 0 Å². The summed E-state index contributed by atoms with van der Waals surface area (Å²) in [6.45, 7) is 8.57. The van der Waals surface area contributed by atoms with Crippen LogP contribution in [0.3, 0.4) is 0 Å². The van der Waals surface area contributed by atoms with Crippen molar-refractivity contribution in [2.75, 3.05) is 39.6 Å². The normalized spacial score (nSPS) is 12.0. The summed E-state index contributed by atoms with van der Waals surface area (Å²) in [6.07, 6.45) is 0. The van der Waals surface area contributed by atoms with Gasteiger partial charge in [-0.3, -0.25) is 4.84 Å². The lowest BCUT2D eigenvalue weighted by Crippen LogP contribution is -2.36. The Balaban J connectivity index is 2.99. The average Bonchev–Trinajstić information content (AvgIpc) is 2.14. The van der Waals surface area contributed by atoms with Gasteiger partial charge in [0.2, 0.25) is 0 Å². The second kappa shape index (κ2) is 9.06. The third-order valence-electron chi connectivity index (χ3n) is 1.32. The minimum absolute atomic E-state index is 0.0375. The highest BCUT2D eigenvalue weighted by Gasteiger charge is 2.07. The lowest BCUT2D eigenvalue weighted by atomic mass is 10.1. The lowest BCUT2D eigenvalue weighted by Gasteiger charge is -2.19. The minimum Gasteiger partial charge on any atom is -0.394 e. The van der Waals surface area contributed by atoms with Crippen LogP contribution in [0, 0.1) is 0 Å². The predicted molar refractivity (Wildman–Crippen MR) is 57.6 cm³/mol. The van der Waals surface area contributed by atoms with Gasteiger partial charge in [0.05, 0.1) is 39.6 Å². The van der Waals surface area contributed by atoms with Crippen molar-refractivity contribution in [1.82, 2.24) is 5.48 Å². The number of hydrogen-bond donors (Lipinski definition) is 2. The van der Waals surface area contributed by atoms with E-state index in [2.05, 4.69) is 5.48 Å². The second-order valence-electron chi connectivity index (χ2n) is 4.15. The van der Waals surface area contributed by atoms with Gasteiger partial charge in [0.15, 0.2) is 0 Å². The highest BCUT2D eigenvalue weighted by atomic mass is 16.7. The van der Waals surface area contributed by atoms with Gasteiger partial charge >= 0.3 is 0 Å². The van der Waals surface area contributed by atoms with Crippen LogP contribution in [0.2, 0.25) is 0 Å². The van der Waals surface area contributed by atoms with Gasteiger partial charge in [0.1, 0.15) is 0 Å². The smallest absolute Gasteiger partial charge is 0.0916 e. The van der Waals surface area contributed by atoms with Gasteiger partial charge in [0.25, 0.3) is 0 Å². The van der Waals surface area contributed by atoms with Crippen molar-refractivity contribution in [3.63, 3.8) is 0 Å². The molecule has 0 fully saturated rings. The molecule has 0 amide bonds. The van der Waals surface area contributed by atoms with Crippen LogP contribution in [0.25, 0.3) is 0 Å². The van der Waals surface area contributed by atoms with Crippen molar-refractivity contribution in [3.05, 3.63) is 0 Å². The van der Waals surface area contributed by atoms with E-state index in [1.807, 2.05) is 20.8 Å². The first-order chi connectivity index (χ1) is 7.06. The minimum atomic E-state index is -0.0375. The zero-order valence-corrected chi connectivity index (χ0v) is 9.91. The van der Waals surface area contributed by atoms with Crippen LogP contribution >= 0.6 is 0 Å². The van der Waals surface area contributed by atoms with Crippen molar-refractivity contribution in [1.29, 1.82) is 0 Å². The van der Waals surface area contributed by atoms with Crippen molar-refractivity contribution in [2.24, 2.45) is 0 Å². The molecule has 0 aromatic heterocycles. The molecule has 5 nitrogen and oxygen atoms in total. The average molecular weight is 221 g/mol. The fourth-order valence-corrected chi connectivity index (χ4v) is 0.755. The van der Waals surface area contributed by atoms with Gasteiger partial charge in [-0.25, -0.2) is 0 Å². The summed E-state index contributed by atoms with van der Waals surface area (Å²) in [5, 5.41) is 8.42. The topological polar surface area (TPSA) is 60.0 Å². The number of rotatable bonds is 9. The van der Waals surface area contributed by atoms with E-state index < -0.39 is 0 Å². The Kier molecular flexibility index (Phi) is 8.94. The molecule has 0 aliphatic rings. The molecular weight excluding hydrogens is 198 g/mol. The summed E-state index contributed by atoms with van der Waals surface area (Å²) in [4.78, 5) is 5.17. The zero-order chi connectivity index (χ0) is 11.6. The molecule has 0 unspecified atom stereocenters. The Hall–Kier alpha value is -0.200. The molecule has 0 atom stereocenters. The van der Waals surface area contributed by atoms with Crippen LogP contribution in [0.15, 0.2) is 0 Å². The van der Waals surface area contributed by atoms with Gasteiger partial charge in [-0.05, 0) is 20.8 Å². The standard InChI is InChI=1S/C10H23NO4/c1-10(2,3)11-15-9-8-14-7-6-13-5-4-12/h11-12H,4-9H2,1-3H3. The number of aliphatic hydroxyl groups is 1. The Bertz CT molecular complexity index is 136. The summed E-state index contributed by atoms with van der Waals surface area (Å²) < 4.78 is 10.2. The predicted octanol–water partition coefficient (Wildman–Crippen LogP) is 0.332. The van der Waals surface area contributed by atoms with Crippen molar-refractivity contribution in [2.45, 2.75) is 26.3 Å². The molecule has 0 rings (SSSR count). The molecule has 15 heavy (non-hydrogen) atoms. The van der Waals surface area contributed by atoms with Crippen LogP contribution in [0.4, 0.5) is 0 Å². The number of nitrogens with one attached hydrogen (secondary N) is 1. The molecule has 0 bridgehead atoms. The van der Waals surface area contributed by atoms with E-state index in [1.54, 1.807) is 0 Å². The largest absolute Gasteiger partial charge is 0.394 e. The SMILES string of the molecule is CC(C)(C)NOCCOCCOCCO. The third kappa shape index (κ3) is 13.8. The van der Waals surface area contributed by atoms with Gasteiger partial charge in [-0.15, -0.1) is 0 Å². The molecule has 2 N–H and O–H groups in total. The molecule has 0 saturated carbocycles. The molecule has 0 spiro atoms. The molecule has 0 radical (unpaired) electrons. The van der Waals surface area contributed by atoms with Gasteiger partial charge in [-0.1, -0.05) is 0 Å². The highest BCUT2D eigenvalue weighted by Crippen LogP contribution is 1.97. The van der Waals surface area contributed by atoms with E-state index in [4.69, 9.17) is 19.4 Å². The first kappa shape index (κ1) is 14.8. The van der Waals surface area contributed by atoms with Crippen LogP contribution in [0.5, 0.6) is 0 Å². The molecular formula is C10H23NO4. The quantitative estimate of drug-likeness (QED) is 0.434. The van der Waals surface area contributed by atoms with E-state index in [0.717, 1.165) is 0 Å². The van der Waals surface area contributed by atoms with Gasteiger partial charge in [-0.2, -0.15) is 5.48 Å². The van der Waals surface area contributed by atoms with Crippen LogP contribution in [0.1, 0.15) is 20.8 Å². The number of hydroxylamine groups is 1. The highest BCUT2D eigenvalue weighted by molar-refractivity contribution is 4.63. The van der Waals surface area contributed by atoms with Crippen LogP contribution in [-0.2, 0) is 14.3 Å². The fourth-order valence-electron chi connectivity index (χ4n) is 0.755. The van der Waals surface area contributed by atoms with Crippen LogP contribution in [-0.4, -0.2) is 50.3 Å². The maximum absolute atomic E-state index is 8.42. The van der Waals surface area contributed by atoms with E-state index in [-0.39, 0.29) is 12.1 Å². The van der Waals surface area contributed by atoms with Crippen LogP contribution < -0.4 is 5.48 Å². The summed E-state index contributed by atoms with van der Waals surface area (Å²) in [5.41, 5.74) is 2.85. The third-order valence-corrected chi connectivity index (χ3v) is 1.32. The van der Waals surface area contributed by atoms with E-state index in [0.29, 0.717) is 33.0 Å². The summed E-state index contributed by atoms with van der Waals surface area (Å²) >= 11 is 0. The summed E-state index contributed by atoms with van der Waals surface area (Å²) in [5.74, 6) is 0. The second-order valence-corrected chi connectivity index (χ2v) is 4.15. The Labute approximate surface area is 91.7 Å². The van der Waals surface area contributed by atoms with E-state index >= 15 is 0 Å². The molecule has 0 aliphatic carbocycles. The fraction of sp³-hybridized carbons (Fsp3) is 1.00. The first-order valence-corrected chi connectivity index (χ1v) is 5.21. The summed E-state index contributed by atoms with van der Waals surface area (Å²) in [7, 11) is 0. The first-order valence-electron chi connectivity index (χ1n) is 5.21. The Morgan fingerprint density at radius 3 is 2.00 bits per heavy atom. The molecule has 92 valence electrons. The maximum Gasteiger partial charge on any atom is 0.0916 e. The van der Waals surface area contributed by atoms with E-state index in [1.165, 1.54) is 0 Å². The van der Waals surface area contributed by atoms with Crippen molar-refractivity contribution in [3.8, 4) is 0 Å². The van der Waals surface area contributed by atoms with Crippen molar-refractivity contribution < 1.29 is 19.4 Å². The molecule has 0 heterocycles. The Morgan fingerprint density at radius 1 is 0.933 bits per heavy atom. The molecule has 0 aromatic carbocycles. The van der Waals surface area contributed by atoms with Gasteiger partial charge in [0, 0.05) is 5.54 Å². The number of hydrogen-bond acceptors (Lipinski definition) is 5. The molecule has 5 heteroatoms. The lowest BCUT2D eigenvalue weighted by molar-refractivity contribution is -0.0447. The van der Waals surface area contributed by atoms with Gasteiger partial charge < -0.3 is 14.6 Å². The van der Waals surface area contributed by atoms with E-state index in [9.17, 15) is 0 Å². The number of ether oxygens (including phenoxy) is 2. The zero-order valence-electron chi connectivity index (χ0n) is 9.91. The number of aliphatic hydroxyl groups excluding tert-OH is 1. The molecule has 0 aliphatic heterocycles. The molecule has 0 saturated heterocycles. The molecule has 0 aromatic rings. The monoisotopic (exact) mass is 221 g/mol. The maximum atomic E-state index is 8.42.